The van der Waals surface area contributed by atoms with E-state index < -0.39 is 36.3 Å². The molecule has 9 heteroatoms. The van der Waals surface area contributed by atoms with Gasteiger partial charge in [0.05, 0.1) is 12.7 Å². The highest BCUT2D eigenvalue weighted by molar-refractivity contribution is 5.90. The van der Waals surface area contributed by atoms with Gasteiger partial charge in [0.25, 0.3) is 5.91 Å². The Bertz CT molecular complexity index is 531. The van der Waals surface area contributed by atoms with E-state index in [0.717, 1.165) is 0 Å². The van der Waals surface area contributed by atoms with Crippen molar-refractivity contribution in [3.8, 4) is 0 Å². The molecule has 1 amide bonds. The molecule has 3 rings (SSSR count). The Hall–Kier alpha value is -1.55. The number of rotatable bonds is 3. The predicted octanol–water partition coefficient (Wildman–Crippen LogP) is -1.39. The van der Waals surface area contributed by atoms with Crippen molar-refractivity contribution < 1.29 is 24.1 Å². The van der Waals surface area contributed by atoms with Crippen LogP contribution in [0.4, 0.5) is 0 Å². The summed E-state index contributed by atoms with van der Waals surface area (Å²) in [6.07, 6.45) is -1.14. The molecule has 3 N–H and O–H groups in total. The van der Waals surface area contributed by atoms with Crippen LogP contribution in [0, 0.1) is 0 Å². The highest BCUT2D eigenvalue weighted by Gasteiger charge is 2.54. The number of aromatic nitrogens is 3. The summed E-state index contributed by atoms with van der Waals surface area (Å²) in [5, 5.41) is 17.6. The Morgan fingerprint density at radius 2 is 2.30 bits per heavy atom. The van der Waals surface area contributed by atoms with Gasteiger partial charge in [0.15, 0.2) is 17.8 Å². The normalized spacial score (nSPS) is 35.1. The van der Waals surface area contributed by atoms with E-state index in [0.29, 0.717) is 0 Å². The van der Waals surface area contributed by atoms with Crippen molar-refractivity contribution in [2.45, 2.75) is 50.8 Å². The molecule has 4 atom stereocenters. The molecule has 0 radical (unpaired) electrons. The van der Waals surface area contributed by atoms with Crippen LogP contribution in [0.1, 0.15) is 24.3 Å². The van der Waals surface area contributed by atoms with Crippen molar-refractivity contribution >= 4 is 5.91 Å². The van der Waals surface area contributed by atoms with Gasteiger partial charge in [-0.25, -0.2) is 4.68 Å². The Morgan fingerprint density at radius 1 is 1.55 bits per heavy atom. The SMILES string of the molecule is CC1(C)O[C@H]2O[C@H](Cn3cc(C(N)=O)nn3)[C@H](O)[C@H]2O1. The van der Waals surface area contributed by atoms with E-state index >= 15 is 0 Å². The second-order valence-corrected chi connectivity index (χ2v) is 5.32. The molecule has 2 aliphatic heterocycles. The number of carbonyl (C=O) groups excluding carboxylic acids is 1. The van der Waals surface area contributed by atoms with Crippen LogP contribution >= 0.6 is 0 Å². The maximum Gasteiger partial charge on any atom is 0.270 e. The molecule has 0 aliphatic carbocycles. The fourth-order valence-electron chi connectivity index (χ4n) is 2.39. The summed E-state index contributed by atoms with van der Waals surface area (Å²) in [6.45, 7) is 3.74. The molecule has 3 heterocycles. The molecular formula is C11H16N4O5. The first kappa shape index (κ1) is 13.4. The zero-order valence-corrected chi connectivity index (χ0v) is 11.1. The fraction of sp³-hybridized carbons (Fsp3) is 0.727. The zero-order chi connectivity index (χ0) is 14.5. The van der Waals surface area contributed by atoms with E-state index in [1.807, 2.05) is 0 Å². The predicted molar refractivity (Wildman–Crippen MR) is 63.2 cm³/mol. The summed E-state index contributed by atoms with van der Waals surface area (Å²) >= 11 is 0. The number of hydrogen-bond acceptors (Lipinski definition) is 7. The molecule has 20 heavy (non-hydrogen) atoms. The lowest BCUT2D eigenvalue weighted by Crippen LogP contribution is -2.36. The number of fused-ring (bicyclic) bond motifs is 1. The van der Waals surface area contributed by atoms with Crippen LogP contribution < -0.4 is 5.73 Å². The molecule has 110 valence electrons. The van der Waals surface area contributed by atoms with Crippen LogP contribution in [0.15, 0.2) is 6.20 Å². The van der Waals surface area contributed by atoms with Crippen LogP contribution in [0.2, 0.25) is 0 Å². The van der Waals surface area contributed by atoms with Gasteiger partial charge in [-0.3, -0.25) is 4.79 Å². The summed E-state index contributed by atoms with van der Waals surface area (Å²) < 4.78 is 18.1. The summed E-state index contributed by atoms with van der Waals surface area (Å²) in [7, 11) is 0. The average molecular weight is 284 g/mol. The van der Waals surface area contributed by atoms with E-state index in [-0.39, 0.29) is 12.2 Å². The maximum absolute atomic E-state index is 10.9. The van der Waals surface area contributed by atoms with E-state index in [2.05, 4.69) is 10.3 Å². The molecule has 9 nitrogen and oxygen atoms in total. The van der Waals surface area contributed by atoms with E-state index in [4.69, 9.17) is 19.9 Å². The second kappa shape index (κ2) is 4.48. The average Bonchev–Trinajstić information content (AvgIpc) is 2.98. The number of aliphatic hydroxyl groups is 1. The minimum absolute atomic E-state index is 0.0614. The highest BCUT2D eigenvalue weighted by Crippen LogP contribution is 2.37. The number of nitrogens with zero attached hydrogens (tertiary/aromatic N) is 3. The Balaban J connectivity index is 1.67. The Labute approximate surface area is 114 Å². The molecule has 0 unspecified atom stereocenters. The molecule has 1 aromatic rings. The molecule has 2 fully saturated rings. The van der Waals surface area contributed by atoms with Gasteiger partial charge in [-0.1, -0.05) is 5.21 Å². The lowest BCUT2D eigenvalue weighted by molar-refractivity contribution is -0.216. The first-order valence-corrected chi connectivity index (χ1v) is 6.25. The van der Waals surface area contributed by atoms with Crippen molar-refractivity contribution in [1.82, 2.24) is 15.0 Å². The van der Waals surface area contributed by atoms with E-state index in [1.54, 1.807) is 13.8 Å². The highest BCUT2D eigenvalue weighted by atomic mass is 16.8. The summed E-state index contributed by atoms with van der Waals surface area (Å²) in [4.78, 5) is 10.9. The Kier molecular flexibility index (Phi) is 3.01. The molecule has 0 saturated carbocycles. The quantitative estimate of drug-likeness (QED) is 0.701. The van der Waals surface area contributed by atoms with Crippen molar-refractivity contribution in [3.63, 3.8) is 0 Å². The van der Waals surface area contributed by atoms with E-state index in [9.17, 15) is 9.90 Å². The number of amides is 1. The number of ether oxygens (including phenoxy) is 3. The molecule has 0 bridgehead atoms. The largest absolute Gasteiger partial charge is 0.387 e. The third-order valence-electron chi connectivity index (χ3n) is 3.27. The molecule has 2 aliphatic rings. The third-order valence-corrected chi connectivity index (χ3v) is 3.27. The smallest absolute Gasteiger partial charge is 0.270 e. The fourth-order valence-corrected chi connectivity index (χ4v) is 2.39. The minimum Gasteiger partial charge on any atom is -0.387 e. The van der Waals surface area contributed by atoms with Gasteiger partial charge in [-0.05, 0) is 13.8 Å². The number of primary amides is 1. The van der Waals surface area contributed by atoms with Crippen molar-refractivity contribution in [2.24, 2.45) is 5.73 Å². The third kappa shape index (κ3) is 2.29. The summed E-state index contributed by atoms with van der Waals surface area (Å²) in [6, 6.07) is 0. The molecular weight excluding hydrogens is 268 g/mol. The Morgan fingerprint density at radius 3 is 2.90 bits per heavy atom. The number of carbonyl (C=O) groups is 1. The molecule has 0 spiro atoms. The minimum atomic E-state index is -0.844. The van der Waals surface area contributed by atoms with Gasteiger partial charge in [-0.15, -0.1) is 5.10 Å². The lowest BCUT2D eigenvalue weighted by Gasteiger charge is -2.22. The van der Waals surface area contributed by atoms with Gasteiger partial charge in [0.1, 0.15) is 18.3 Å². The topological polar surface area (TPSA) is 122 Å². The van der Waals surface area contributed by atoms with E-state index in [1.165, 1.54) is 10.9 Å². The van der Waals surface area contributed by atoms with Gasteiger partial charge >= 0.3 is 0 Å². The second-order valence-electron chi connectivity index (χ2n) is 5.32. The maximum atomic E-state index is 10.9. The first-order valence-electron chi connectivity index (χ1n) is 6.25. The number of hydrogen-bond donors (Lipinski definition) is 2. The number of nitrogens with two attached hydrogens (primary N) is 1. The van der Waals surface area contributed by atoms with Gasteiger partial charge in [0, 0.05) is 0 Å². The lowest BCUT2D eigenvalue weighted by atomic mass is 10.1. The van der Waals surface area contributed by atoms with Gasteiger partial charge < -0.3 is 25.1 Å². The standard InChI is InChI=1S/C11H16N4O5/c1-11(2)19-8-7(16)6(18-10(8)20-11)4-15-3-5(9(12)17)13-14-15/h3,6-8,10,16H,4H2,1-2H3,(H2,12,17)/t6-,7+,8-,10-/m1/s1. The molecule has 0 aromatic carbocycles. The van der Waals surface area contributed by atoms with Crippen LogP contribution in [0.3, 0.4) is 0 Å². The van der Waals surface area contributed by atoms with Gasteiger partial charge in [0.2, 0.25) is 0 Å². The van der Waals surface area contributed by atoms with Crippen LogP contribution in [0.25, 0.3) is 0 Å². The van der Waals surface area contributed by atoms with Crippen LogP contribution in [0.5, 0.6) is 0 Å². The molecule has 2 saturated heterocycles. The number of aliphatic hydroxyl groups excluding tert-OH is 1. The van der Waals surface area contributed by atoms with Crippen LogP contribution in [-0.4, -0.2) is 56.4 Å². The van der Waals surface area contributed by atoms with Crippen molar-refractivity contribution in [3.05, 3.63) is 11.9 Å². The zero-order valence-electron chi connectivity index (χ0n) is 11.1. The van der Waals surface area contributed by atoms with Crippen molar-refractivity contribution in [2.75, 3.05) is 0 Å². The molecule has 1 aromatic heterocycles. The first-order chi connectivity index (χ1) is 9.35. The summed E-state index contributed by atoms with van der Waals surface area (Å²) in [5.74, 6) is -1.43. The van der Waals surface area contributed by atoms with Crippen molar-refractivity contribution in [1.29, 1.82) is 0 Å². The van der Waals surface area contributed by atoms with Crippen LogP contribution in [-0.2, 0) is 20.8 Å². The van der Waals surface area contributed by atoms with Gasteiger partial charge in [-0.2, -0.15) is 0 Å². The monoisotopic (exact) mass is 284 g/mol. The summed E-state index contributed by atoms with van der Waals surface area (Å²) in [5.41, 5.74) is 5.15.